The Kier molecular flexibility index (Phi) is 2.17. The zero-order chi connectivity index (χ0) is 13.3. The van der Waals surface area contributed by atoms with E-state index in [2.05, 4.69) is 23.0 Å². The fourth-order valence-corrected chi connectivity index (χ4v) is 5.58. The average Bonchev–Trinajstić information content (AvgIpc) is 2.82. The molecule has 4 aliphatic rings. The molecular weight excluding hydrogens is 246 g/mol. The van der Waals surface area contributed by atoms with Crippen LogP contribution in [0.1, 0.15) is 49.4 Å². The lowest BCUT2D eigenvalue weighted by Crippen LogP contribution is -2.44. The predicted molar refractivity (Wildman–Crippen MR) is 78.4 cm³/mol. The van der Waals surface area contributed by atoms with E-state index in [1.807, 2.05) is 6.20 Å². The second-order valence-electron chi connectivity index (χ2n) is 7.41. The van der Waals surface area contributed by atoms with Gasteiger partial charge in [-0.25, -0.2) is 9.97 Å². The number of aromatic nitrogens is 3. The minimum Gasteiger partial charge on any atom is -0.340 e. The zero-order valence-corrected chi connectivity index (χ0v) is 12.0. The van der Waals surface area contributed by atoms with Crippen LogP contribution >= 0.6 is 0 Å². The SMILES string of the molecule is Cc1ccnc2nc(C3C4CC5CC(C4)CC3C5)[nH]c12. The third-order valence-corrected chi connectivity index (χ3v) is 6.16. The van der Waals surface area contributed by atoms with Gasteiger partial charge in [-0.05, 0) is 74.3 Å². The van der Waals surface area contributed by atoms with E-state index in [1.165, 1.54) is 43.5 Å². The topological polar surface area (TPSA) is 41.6 Å². The summed E-state index contributed by atoms with van der Waals surface area (Å²) in [6.07, 6.45) is 9.17. The highest BCUT2D eigenvalue weighted by Crippen LogP contribution is 2.59. The van der Waals surface area contributed by atoms with Crippen molar-refractivity contribution in [2.24, 2.45) is 23.7 Å². The first-order chi connectivity index (χ1) is 9.78. The highest BCUT2D eigenvalue weighted by atomic mass is 15.0. The van der Waals surface area contributed by atoms with E-state index in [9.17, 15) is 0 Å². The van der Waals surface area contributed by atoms with Crippen LogP contribution in [0.15, 0.2) is 12.3 Å². The maximum Gasteiger partial charge on any atom is 0.177 e. The Morgan fingerprint density at radius 3 is 2.40 bits per heavy atom. The molecule has 1 N–H and O–H groups in total. The van der Waals surface area contributed by atoms with E-state index < -0.39 is 0 Å². The molecule has 4 saturated carbocycles. The van der Waals surface area contributed by atoms with Gasteiger partial charge in [-0.1, -0.05) is 0 Å². The summed E-state index contributed by atoms with van der Waals surface area (Å²) in [5.74, 6) is 5.72. The van der Waals surface area contributed by atoms with E-state index in [0.717, 1.165) is 34.8 Å². The number of hydrogen-bond acceptors (Lipinski definition) is 2. The number of aromatic amines is 1. The molecule has 3 heteroatoms. The summed E-state index contributed by atoms with van der Waals surface area (Å²) < 4.78 is 0. The van der Waals surface area contributed by atoms with Gasteiger partial charge in [0.25, 0.3) is 0 Å². The largest absolute Gasteiger partial charge is 0.340 e. The minimum atomic E-state index is 0.677. The number of nitrogens with zero attached hydrogens (tertiary/aromatic N) is 2. The molecule has 0 spiro atoms. The molecule has 0 amide bonds. The van der Waals surface area contributed by atoms with Gasteiger partial charge < -0.3 is 4.98 Å². The number of imidazole rings is 1. The van der Waals surface area contributed by atoms with Gasteiger partial charge in [0.05, 0.1) is 5.52 Å². The van der Waals surface area contributed by atoms with E-state index in [4.69, 9.17) is 4.98 Å². The number of aryl methyl sites for hydroxylation is 1. The number of rotatable bonds is 1. The molecule has 0 aromatic carbocycles. The number of nitrogens with one attached hydrogen (secondary N) is 1. The monoisotopic (exact) mass is 267 g/mol. The molecule has 0 aliphatic heterocycles. The molecule has 4 fully saturated rings. The van der Waals surface area contributed by atoms with Crippen LogP contribution in [0, 0.1) is 30.6 Å². The molecule has 104 valence electrons. The summed E-state index contributed by atoms with van der Waals surface area (Å²) in [4.78, 5) is 12.9. The summed E-state index contributed by atoms with van der Waals surface area (Å²) >= 11 is 0. The van der Waals surface area contributed by atoms with Gasteiger partial charge in [-0.3, -0.25) is 0 Å². The van der Waals surface area contributed by atoms with Crippen molar-refractivity contribution in [3.8, 4) is 0 Å². The van der Waals surface area contributed by atoms with Crippen LogP contribution in [-0.4, -0.2) is 15.0 Å². The van der Waals surface area contributed by atoms with Crippen molar-refractivity contribution in [2.75, 3.05) is 0 Å². The van der Waals surface area contributed by atoms with Gasteiger partial charge >= 0.3 is 0 Å². The van der Waals surface area contributed by atoms with Gasteiger partial charge in [0.2, 0.25) is 0 Å². The van der Waals surface area contributed by atoms with Gasteiger partial charge in [0.15, 0.2) is 5.65 Å². The number of H-pyrrole nitrogens is 1. The van der Waals surface area contributed by atoms with E-state index >= 15 is 0 Å². The summed E-state index contributed by atoms with van der Waals surface area (Å²) in [7, 11) is 0. The molecule has 4 aliphatic carbocycles. The maximum atomic E-state index is 4.85. The third-order valence-electron chi connectivity index (χ3n) is 6.16. The molecule has 2 aromatic rings. The van der Waals surface area contributed by atoms with Crippen LogP contribution in [-0.2, 0) is 0 Å². The molecule has 0 saturated heterocycles. The lowest BCUT2D eigenvalue weighted by Gasteiger charge is -2.53. The van der Waals surface area contributed by atoms with E-state index in [-0.39, 0.29) is 0 Å². The fourth-order valence-electron chi connectivity index (χ4n) is 5.58. The molecule has 3 nitrogen and oxygen atoms in total. The number of fused-ring (bicyclic) bond motifs is 1. The van der Waals surface area contributed by atoms with Crippen LogP contribution in [0.2, 0.25) is 0 Å². The molecule has 6 rings (SSSR count). The van der Waals surface area contributed by atoms with Crippen LogP contribution in [0.4, 0.5) is 0 Å². The second kappa shape index (κ2) is 3.84. The molecule has 2 heterocycles. The van der Waals surface area contributed by atoms with Crippen LogP contribution in [0.5, 0.6) is 0 Å². The van der Waals surface area contributed by atoms with Crippen molar-refractivity contribution in [1.82, 2.24) is 15.0 Å². The number of hydrogen-bond donors (Lipinski definition) is 1. The van der Waals surface area contributed by atoms with Gasteiger partial charge in [-0.15, -0.1) is 0 Å². The summed E-state index contributed by atoms with van der Waals surface area (Å²) in [6.45, 7) is 2.14. The van der Waals surface area contributed by atoms with Crippen LogP contribution in [0.3, 0.4) is 0 Å². The first-order valence-corrected chi connectivity index (χ1v) is 8.09. The Balaban J connectivity index is 1.59. The highest BCUT2D eigenvalue weighted by molar-refractivity contribution is 5.74. The Bertz CT molecular complexity index is 644. The quantitative estimate of drug-likeness (QED) is 0.853. The van der Waals surface area contributed by atoms with Crippen LogP contribution < -0.4 is 0 Å². The highest BCUT2D eigenvalue weighted by Gasteiger charge is 2.49. The molecule has 20 heavy (non-hydrogen) atoms. The molecule has 0 atom stereocenters. The van der Waals surface area contributed by atoms with E-state index in [1.54, 1.807) is 0 Å². The maximum absolute atomic E-state index is 4.85. The summed E-state index contributed by atoms with van der Waals surface area (Å²) in [6, 6.07) is 2.07. The summed E-state index contributed by atoms with van der Waals surface area (Å²) in [5.41, 5.74) is 3.32. The van der Waals surface area contributed by atoms with Crippen molar-refractivity contribution in [3.63, 3.8) is 0 Å². The second-order valence-corrected chi connectivity index (χ2v) is 7.41. The molecule has 0 unspecified atom stereocenters. The minimum absolute atomic E-state index is 0.677. The standard InChI is InChI=1S/C17H21N3/c1-9-2-3-18-17-15(9)19-16(20-17)14-12-5-10-4-11(7-12)8-13(14)6-10/h2-3,10-14H,4-8H2,1H3,(H,18,19,20). The predicted octanol–water partition coefficient (Wildman–Crippen LogP) is 3.81. The Morgan fingerprint density at radius 1 is 1.05 bits per heavy atom. The smallest absolute Gasteiger partial charge is 0.177 e. The van der Waals surface area contributed by atoms with Gasteiger partial charge in [-0.2, -0.15) is 0 Å². The normalized spacial score (nSPS) is 38.8. The molecule has 4 bridgehead atoms. The van der Waals surface area contributed by atoms with Crippen molar-refractivity contribution >= 4 is 11.2 Å². The first kappa shape index (κ1) is 11.3. The van der Waals surface area contributed by atoms with E-state index in [0.29, 0.717) is 5.92 Å². The number of pyridine rings is 1. The lowest BCUT2D eigenvalue weighted by atomic mass is 9.52. The van der Waals surface area contributed by atoms with Crippen molar-refractivity contribution < 1.29 is 0 Å². The van der Waals surface area contributed by atoms with Crippen molar-refractivity contribution in [3.05, 3.63) is 23.7 Å². The fraction of sp³-hybridized carbons (Fsp3) is 0.647. The molecular formula is C17H21N3. The third kappa shape index (κ3) is 1.46. The molecule has 0 radical (unpaired) electrons. The summed E-state index contributed by atoms with van der Waals surface area (Å²) in [5, 5.41) is 0. The van der Waals surface area contributed by atoms with Gasteiger partial charge in [0.1, 0.15) is 5.82 Å². The average molecular weight is 267 g/mol. The first-order valence-electron chi connectivity index (χ1n) is 8.09. The van der Waals surface area contributed by atoms with Crippen molar-refractivity contribution in [1.29, 1.82) is 0 Å². The zero-order valence-electron chi connectivity index (χ0n) is 12.0. The Labute approximate surface area is 119 Å². The van der Waals surface area contributed by atoms with Gasteiger partial charge in [0, 0.05) is 12.1 Å². The van der Waals surface area contributed by atoms with Crippen molar-refractivity contribution in [2.45, 2.75) is 44.9 Å². The Morgan fingerprint density at radius 2 is 1.75 bits per heavy atom. The Hall–Kier alpha value is -1.38. The molecule has 2 aromatic heterocycles. The van der Waals surface area contributed by atoms with Crippen LogP contribution in [0.25, 0.3) is 11.2 Å². The lowest BCUT2D eigenvalue weighted by molar-refractivity contribution is -0.00529.